The average Bonchev–Trinajstić information content (AvgIpc) is 2.36. The van der Waals surface area contributed by atoms with Gasteiger partial charge < -0.3 is 9.84 Å². The summed E-state index contributed by atoms with van der Waals surface area (Å²) >= 11 is 0. The van der Waals surface area contributed by atoms with Crippen LogP contribution < -0.4 is 0 Å². The maximum atomic E-state index is 11.4. The Labute approximate surface area is 121 Å². The van der Waals surface area contributed by atoms with Gasteiger partial charge in [-0.25, -0.2) is 9.78 Å². The van der Waals surface area contributed by atoms with Crippen LogP contribution in [0.15, 0.2) is 24.4 Å². The molecule has 0 aromatic carbocycles. The van der Waals surface area contributed by atoms with Crippen molar-refractivity contribution >= 4 is 17.2 Å². The molecule has 1 unspecified atom stereocenters. The Bertz CT molecular complexity index is 621. The SMILES string of the molecule is CC1(C)CC(c2ccc([N+](=O)[O-])cn2)=CC(C)(C(=O)O)O1. The number of pyridine rings is 1. The van der Waals surface area contributed by atoms with E-state index in [1.165, 1.54) is 25.1 Å². The van der Waals surface area contributed by atoms with Crippen LogP contribution in [0.5, 0.6) is 0 Å². The Morgan fingerprint density at radius 2 is 2.10 bits per heavy atom. The predicted molar refractivity (Wildman–Crippen MR) is 74.7 cm³/mol. The molecule has 0 spiro atoms. The number of hydrogen-bond acceptors (Lipinski definition) is 5. The fraction of sp³-hybridized carbons (Fsp3) is 0.429. The highest BCUT2D eigenvalue weighted by atomic mass is 16.6. The summed E-state index contributed by atoms with van der Waals surface area (Å²) in [7, 11) is 0. The quantitative estimate of drug-likeness (QED) is 0.678. The Morgan fingerprint density at radius 1 is 1.43 bits per heavy atom. The van der Waals surface area contributed by atoms with Crippen LogP contribution in [0.25, 0.3) is 5.57 Å². The molecular formula is C14H16N2O5. The van der Waals surface area contributed by atoms with Crippen molar-refractivity contribution in [3.05, 3.63) is 40.2 Å². The largest absolute Gasteiger partial charge is 0.479 e. The van der Waals surface area contributed by atoms with Gasteiger partial charge in [-0.1, -0.05) is 0 Å². The van der Waals surface area contributed by atoms with Crippen LogP contribution in [0.3, 0.4) is 0 Å². The van der Waals surface area contributed by atoms with E-state index in [0.29, 0.717) is 17.7 Å². The summed E-state index contributed by atoms with van der Waals surface area (Å²) in [5, 5.41) is 20.0. The molecule has 1 N–H and O–H groups in total. The Morgan fingerprint density at radius 3 is 2.57 bits per heavy atom. The van der Waals surface area contributed by atoms with Crippen molar-refractivity contribution in [2.24, 2.45) is 0 Å². The van der Waals surface area contributed by atoms with Crippen molar-refractivity contribution in [3.63, 3.8) is 0 Å². The summed E-state index contributed by atoms with van der Waals surface area (Å²) in [6.07, 6.45) is 3.15. The molecule has 0 fully saturated rings. The molecule has 0 radical (unpaired) electrons. The molecule has 2 heterocycles. The summed E-state index contributed by atoms with van der Waals surface area (Å²) in [6.45, 7) is 5.07. The molecule has 1 aromatic rings. The number of carboxylic acid groups (broad SMARTS) is 1. The number of carbonyl (C=O) groups is 1. The van der Waals surface area contributed by atoms with Gasteiger partial charge in [0.25, 0.3) is 5.69 Å². The van der Waals surface area contributed by atoms with Gasteiger partial charge in [0.2, 0.25) is 0 Å². The third-order valence-electron chi connectivity index (χ3n) is 3.27. The first-order valence-electron chi connectivity index (χ1n) is 6.39. The monoisotopic (exact) mass is 292 g/mol. The van der Waals surface area contributed by atoms with Crippen LogP contribution in [0, 0.1) is 10.1 Å². The van der Waals surface area contributed by atoms with E-state index in [1.807, 2.05) is 0 Å². The fourth-order valence-corrected chi connectivity index (χ4v) is 2.44. The number of rotatable bonds is 3. The highest BCUT2D eigenvalue weighted by molar-refractivity contribution is 5.84. The normalized spacial score (nSPS) is 24.2. The molecule has 0 amide bonds. The highest BCUT2D eigenvalue weighted by Gasteiger charge is 2.42. The average molecular weight is 292 g/mol. The van der Waals surface area contributed by atoms with E-state index in [2.05, 4.69) is 4.98 Å². The third-order valence-corrected chi connectivity index (χ3v) is 3.27. The van der Waals surface area contributed by atoms with E-state index < -0.39 is 22.1 Å². The first kappa shape index (κ1) is 15.1. The van der Waals surface area contributed by atoms with E-state index in [4.69, 9.17) is 4.74 Å². The second-order valence-electron chi connectivity index (χ2n) is 5.78. The van der Waals surface area contributed by atoms with Gasteiger partial charge in [0.05, 0.1) is 16.2 Å². The molecule has 1 aliphatic rings. The van der Waals surface area contributed by atoms with Crippen LogP contribution >= 0.6 is 0 Å². The predicted octanol–water partition coefficient (Wildman–Crippen LogP) is 2.42. The molecule has 1 aliphatic heterocycles. The summed E-state index contributed by atoms with van der Waals surface area (Å²) in [5.41, 5.74) is -0.997. The fourth-order valence-electron chi connectivity index (χ4n) is 2.44. The lowest BCUT2D eigenvalue weighted by Crippen LogP contribution is -2.47. The molecule has 7 nitrogen and oxygen atoms in total. The maximum Gasteiger partial charge on any atom is 0.339 e. The van der Waals surface area contributed by atoms with Gasteiger partial charge in [-0.15, -0.1) is 0 Å². The van der Waals surface area contributed by atoms with Crippen molar-refractivity contribution in [2.45, 2.75) is 38.4 Å². The van der Waals surface area contributed by atoms with Crippen molar-refractivity contribution in [3.8, 4) is 0 Å². The lowest BCUT2D eigenvalue weighted by molar-refractivity contribution is -0.385. The van der Waals surface area contributed by atoms with Crippen molar-refractivity contribution < 1.29 is 19.6 Å². The van der Waals surface area contributed by atoms with Gasteiger partial charge >= 0.3 is 5.97 Å². The van der Waals surface area contributed by atoms with Gasteiger partial charge in [-0.2, -0.15) is 0 Å². The van der Waals surface area contributed by atoms with Crippen LogP contribution in [0.4, 0.5) is 5.69 Å². The van der Waals surface area contributed by atoms with E-state index in [1.54, 1.807) is 13.8 Å². The van der Waals surface area contributed by atoms with E-state index in [9.17, 15) is 20.0 Å². The molecule has 112 valence electrons. The number of nitro groups is 1. The lowest BCUT2D eigenvalue weighted by atomic mass is 9.87. The van der Waals surface area contributed by atoms with Crippen LogP contribution in [-0.2, 0) is 9.53 Å². The first-order chi connectivity index (χ1) is 9.63. The van der Waals surface area contributed by atoms with E-state index in [0.717, 1.165) is 6.20 Å². The molecule has 0 saturated carbocycles. The van der Waals surface area contributed by atoms with Crippen molar-refractivity contribution in [1.82, 2.24) is 4.98 Å². The zero-order valence-corrected chi connectivity index (χ0v) is 12.0. The van der Waals surface area contributed by atoms with Crippen molar-refractivity contribution in [1.29, 1.82) is 0 Å². The van der Waals surface area contributed by atoms with E-state index >= 15 is 0 Å². The van der Waals surface area contributed by atoms with Crippen LogP contribution in [-0.4, -0.2) is 32.2 Å². The second-order valence-corrected chi connectivity index (χ2v) is 5.78. The number of aromatic nitrogens is 1. The van der Waals surface area contributed by atoms with Crippen LogP contribution in [0.2, 0.25) is 0 Å². The molecule has 1 aromatic heterocycles. The topological polar surface area (TPSA) is 103 Å². The smallest absolute Gasteiger partial charge is 0.339 e. The number of aliphatic carboxylic acids is 1. The van der Waals surface area contributed by atoms with Crippen molar-refractivity contribution in [2.75, 3.05) is 0 Å². The second kappa shape index (κ2) is 4.92. The van der Waals surface area contributed by atoms with Gasteiger partial charge in [0.15, 0.2) is 5.60 Å². The van der Waals surface area contributed by atoms with Crippen LogP contribution in [0.1, 0.15) is 32.9 Å². The molecule has 2 rings (SSSR count). The molecular weight excluding hydrogens is 276 g/mol. The number of hydrogen-bond donors (Lipinski definition) is 1. The number of carboxylic acids is 1. The maximum absolute atomic E-state index is 11.4. The number of ether oxygens (including phenoxy) is 1. The molecule has 7 heteroatoms. The standard InChI is InChI=1S/C14H16N2O5/c1-13(2)6-9(7-14(3,21-13)12(17)18)11-5-4-10(8-15-11)16(19)20/h4-5,7-8H,6H2,1-3H3,(H,17,18). The summed E-state index contributed by atoms with van der Waals surface area (Å²) < 4.78 is 5.62. The van der Waals surface area contributed by atoms with Gasteiger partial charge in [0.1, 0.15) is 6.20 Å². The zero-order valence-electron chi connectivity index (χ0n) is 12.0. The van der Waals surface area contributed by atoms with E-state index in [-0.39, 0.29) is 5.69 Å². The Hall–Kier alpha value is -2.28. The summed E-state index contributed by atoms with van der Waals surface area (Å²) in [6, 6.07) is 2.87. The number of nitrogens with zero attached hydrogens (tertiary/aromatic N) is 2. The summed E-state index contributed by atoms with van der Waals surface area (Å²) in [5.74, 6) is -1.09. The Kier molecular flexibility index (Phi) is 3.54. The molecule has 0 aliphatic carbocycles. The molecule has 0 bridgehead atoms. The third kappa shape index (κ3) is 3.08. The first-order valence-corrected chi connectivity index (χ1v) is 6.39. The minimum atomic E-state index is -1.44. The van der Waals surface area contributed by atoms with Gasteiger partial charge in [-0.3, -0.25) is 10.1 Å². The zero-order chi connectivity index (χ0) is 15.8. The summed E-state index contributed by atoms with van der Waals surface area (Å²) in [4.78, 5) is 25.6. The molecule has 0 saturated heterocycles. The van der Waals surface area contributed by atoms with Gasteiger partial charge in [0, 0.05) is 12.5 Å². The molecule has 1 atom stereocenters. The Balaban J connectivity index is 2.43. The molecule has 21 heavy (non-hydrogen) atoms. The minimum absolute atomic E-state index is 0.105. The van der Waals surface area contributed by atoms with Gasteiger partial charge in [-0.05, 0) is 38.5 Å². The highest BCUT2D eigenvalue weighted by Crippen LogP contribution is 2.38. The lowest BCUT2D eigenvalue weighted by Gasteiger charge is -2.39. The minimum Gasteiger partial charge on any atom is -0.479 e.